The molecule has 0 spiro atoms. The van der Waals surface area contributed by atoms with Crippen LogP contribution in [0.1, 0.15) is 15.2 Å². The smallest absolute Gasteiger partial charge is 0.321 e. The van der Waals surface area contributed by atoms with E-state index in [2.05, 4.69) is 5.32 Å². The van der Waals surface area contributed by atoms with Gasteiger partial charge >= 0.3 is 11.2 Å². The van der Waals surface area contributed by atoms with Gasteiger partial charge in [-0.15, -0.1) is 0 Å². The van der Waals surface area contributed by atoms with Crippen LogP contribution >= 0.6 is 11.3 Å². The van der Waals surface area contributed by atoms with Crippen LogP contribution in [0.3, 0.4) is 0 Å². The number of benzene rings is 1. The van der Waals surface area contributed by atoms with Crippen LogP contribution in [-0.4, -0.2) is 10.8 Å². The number of nitro groups is 1. The number of thiophene rings is 1. The predicted molar refractivity (Wildman–Crippen MR) is 70.4 cm³/mol. The van der Waals surface area contributed by atoms with E-state index in [0.717, 1.165) is 24.3 Å². The Morgan fingerprint density at radius 3 is 2.24 bits per heavy atom. The van der Waals surface area contributed by atoms with Crippen LogP contribution in [0.4, 0.5) is 23.9 Å². The minimum atomic E-state index is -4.45. The minimum absolute atomic E-state index is 0.0987. The van der Waals surface area contributed by atoms with Crippen molar-refractivity contribution in [1.82, 2.24) is 0 Å². The summed E-state index contributed by atoms with van der Waals surface area (Å²) in [7, 11) is 0. The summed E-state index contributed by atoms with van der Waals surface area (Å²) in [5.74, 6) is -0.618. The Kier molecular flexibility index (Phi) is 3.94. The minimum Gasteiger partial charge on any atom is -0.321 e. The molecule has 5 nitrogen and oxygen atoms in total. The van der Waals surface area contributed by atoms with Gasteiger partial charge in [-0.25, -0.2) is 0 Å². The summed E-state index contributed by atoms with van der Waals surface area (Å²) in [6.07, 6.45) is -4.45. The molecule has 0 aliphatic rings. The molecule has 0 aliphatic carbocycles. The summed E-state index contributed by atoms with van der Waals surface area (Å²) in [5.41, 5.74) is -0.656. The second-order valence-electron chi connectivity index (χ2n) is 3.92. The van der Waals surface area contributed by atoms with Gasteiger partial charge in [-0.2, -0.15) is 13.2 Å². The van der Waals surface area contributed by atoms with E-state index in [-0.39, 0.29) is 15.6 Å². The third-order valence-electron chi connectivity index (χ3n) is 2.47. The highest BCUT2D eigenvalue weighted by Gasteiger charge is 2.30. The average Bonchev–Trinajstić information content (AvgIpc) is 2.88. The van der Waals surface area contributed by atoms with Crippen LogP contribution in [0, 0.1) is 10.1 Å². The second kappa shape index (κ2) is 5.52. The van der Waals surface area contributed by atoms with E-state index < -0.39 is 22.6 Å². The number of nitrogens with one attached hydrogen (secondary N) is 1. The van der Waals surface area contributed by atoms with E-state index in [0.29, 0.717) is 11.3 Å². The SMILES string of the molecule is O=C(Nc1ccc(C(F)(F)F)cc1)c1ccc([N+](=O)[O-])s1. The molecule has 9 heteroatoms. The molecule has 0 saturated carbocycles. The van der Waals surface area contributed by atoms with Gasteiger partial charge in [0.05, 0.1) is 15.4 Å². The predicted octanol–water partition coefficient (Wildman–Crippen LogP) is 3.93. The van der Waals surface area contributed by atoms with E-state index in [1.165, 1.54) is 12.1 Å². The second-order valence-corrected chi connectivity index (χ2v) is 4.99. The van der Waals surface area contributed by atoms with Crippen LogP contribution in [0.25, 0.3) is 0 Å². The van der Waals surface area contributed by atoms with Crippen molar-refractivity contribution >= 4 is 27.9 Å². The molecule has 1 aromatic carbocycles. The number of halogens is 3. The van der Waals surface area contributed by atoms with Crippen molar-refractivity contribution in [3.63, 3.8) is 0 Å². The summed E-state index contributed by atoms with van der Waals surface area (Å²) in [4.78, 5) is 21.8. The van der Waals surface area contributed by atoms with Crippen LogP contribution in [0.5, 0.6) is 0 Å². The first-order valence-corrected chi connectivity index (χ1v) is 6.32. The zero-order valence-electron chi connectivity index (χ0n) is 10.2. The normalized spacial score (nSPS) is 11.2. The van der Waals surface area contributed by atoms with Crippen molar-refractivity contribution in [3.05, 3.63) is 57.0 Å². The molecule has 0 fully saturated rings. The number of anilines is 1. The Bertz CT molecular complexity index is 680. The molecule has 1 heterocycles. The lowest BCUT2D eigenvalue weighted by Gasteiger charge is -2.08. The first-order valence-electron chi connectivity index (χ1n) is 5.50. The lowest BCUT2D eigenvalue weighted by molar-refractivity contribution is -0.380. The highest BCUT2D eigenvalue weighted by atomic mass is 32.1. The molecule has 21 heavy (non-hydrogen) atoms. The van der Waals surface area contributed by atoms with Gasteiger partial charge in [-0.3, -0.25) is 14.9 Å². The number of carbonyl (C=O) groups excluding carboxylic acids is 1. The highest BCUT2D eigenvalue weighted by Crippen LogP contribution is 2.30. The molecule has 0 bridgehead atoms. The summed E-state index contributed by atoms with van der Waals surface area (Å²) in [5, 5.41) is 12.7. The topological polar surface area (TPSA) is 72.2 Å². The molecule has 0 unspecified atom stereocenters. The van der Waals surface area contributed by atoms with E-state index in [1.807, 2.05) is 0 Å². The van der Waals surface area contributed by atoms with Crippen molar-refractivity contribution in [3.8, 4) is 0 Å². The molecule has 0 atom stereocenters. The van der Waals surface area contributed by atoms with E-state index in [1.54, 1.807) is 0 Å². The standard InChI is InChI=1S/C12H7F3N2O3S/c13-12(14,15)7-1-3-8(4-2-7)16-11(18)9-5-6-10(21-9)17(19)20/h1-6H,(H,16,18). The molecule has 0 aliphatic heterocycles. The van der Waals surface area contributed by atoms with E-state index >= 15 is 0 Å². The number of rotatable bonds is 3. The van der Waals surface area contributed by atoms with Gasteiger partial charge in [0.2, 0.25) is 0 Å². The lowest BCUT2D eigenvalue weighted by Crippen LogP contribution is -2.10. The Hall–Kier alpha value is -2.42. The largest absolute Gasteiger partial charge is 0.416 e. The fraction of sp³-hybridized carbons (Fsp3) is 0.0833. The monoisotopic (exact) mass is 316 g/mol. The summed E-state index contributed by atoms with van der Waals surface area (Å²) < 4.78 is 37.1. The van der Waals surface area contributed by atoms with Gasteiger partial charge in [0.1, 0.15) is 0 Å². The Balaban J connectivity index is 2.10. The third kappa shape index (κ3) is 3.57. The average molecular weight is 316 g/mol. The molecular formula is C12H7F3N2O3S. The maximum absolute atomic E-state index is 12.4. The van der Waals surface area contributed by atoms with Gasteiger partial charge in [0, 0.05) is 11.8 Å². The number of alkyl halides is 3. The zero-order chi connectivity index (χ0) is 15.6. The van der Waals surface area contributed by atoms with Gasteiger partial charge in [0.15, 0.2) is 0 Å². The third-order valence-corrected chi connectivity index (χ3v) is 3.50. The fourth-order valence-corrected chi connectivity index (χ4v) is 2.20. The maximum atomic E-state index is 12.4. The summed E-state index contributed by atoms with van der Waals surface area (Å²) in [6, 6.07) is 6.37. The molecular weight excluding hydrogens is 309 g/mol. The van der Waals surface area contributed by atoms with E-state index in [4.69, 9.17) is 0 Å². The molecule has 110 valence electrons. The van der Waals surface area contributed by atoms with Gasteiger partial charge in [0.25, 0.3) is 5.91 Å². The van der Waals surface area contributed by atoms with Crippen molar-refractivity contribution in [2.24, 2.45) is 0 Å². The number of carbonyl (C=O) groups is 1. The molecule has 2 rings (SSSR count). The Morgan fingerprint density at radius 2 is 1.76 bits per heavy atom. The van der Waals surface area contributed by atoms with Crippen LogP contribution in [0.2, 0.25) is 0 Å². The lowest BCUT2D eigenvalue weighted by atomic mass is 10.2. The highest BCUT2D eigenvalue weighted by molar-refractivity contribution is 7.17. The maximum Gasteiger partial charge on any atom is 0.416 e. The first-order chi connectivity index (χ1) is 9.77. The number of amides is 1. The molecule has 0 saturated heterocycles. The molecule has 1 amide bonds. The number of nitrogens with zero attached hydrogens (tertiary/aromatic N) is 1. The van der Waals surface area contributed by atoms with Gasteiger partial charge < -0.3 is 5.32 Å². The summed E-state index contributed by atoms with van der Waals surface area (Å²) >= 11 is 0.685. The molecule has 1 N–H and O–H groups in total. The van der Waals surface area contributed by atoms with Crippen molar-refractivity contribution < 1.29 is 22.9 Å². The van der Waals surface area contributed by atoms with Crippen molar-refractivity contribution in [1.29, 1.82) is 0 Å². The zero-order valence-corrected chi connectivity index (χ0v) is 11.0. The number of hydrogen-bond acceptors (Lipinski definition) is 4. The fourth-order valence-electron chi connectivity index (χ4n) is 1.48. The van der Waals surface area contributed by atoms with Crippen molar-refractivity contribution in [2.75, 3.05) is 5.32 Å². The van der Waals surface area contributed by atoms with Crippen LogP contribution in [0.15, 0.2) is 36.4 Å². The molecule has 0 radical (unpaired) electrons. The molecule has 2 aromatic rings. The Labute approximate surface area is 120 Å². The summed E-state index contributed by atoms with van der Waals surface area (Å²) in [6.45, 7) is 0. The van der Waals surface area contributed by atoms with Gasteiger partial charge in [-0.05, 0) is 30.3 Å². The quantitative estimate of drug-likeness (QED) is 0.689. The van der Waals surface area contributed by atoms with Gasteiger partial charge in [-0.1, -0.05) is 11.3 Å². The van der Waals surface area contributed by atoms with Crippen LogP contribution < -0.4 is 5.32 Å². The van der Waals surface area contributed by atoms with Crippen LogP contribution in [-0.2, 0) is 6.18 Å². The van der Waals surface area contributed by atoms with Crippen molar-refractivity contribution in [2.45, 2.75) is 6.18 Å². The molecule has 1 aromatic heterocycles. The first kappa shape index (κ1) is 15.0. The Morgan fingerprint density at radius 1 is 1.14 bits per heavy atom. The number of hydrogen-bond donors (Lipinski definition) is 1. The van der Waals surface area contributed by atoms with E-state index in [9.17, 15) is 28.1 Å².